The van der Waals surface area contributed by atoms with Crippen LogP contribution < -0.4 is 15.0 Å². The van der Waals surface area contributed by atoms with Gasteiger partial charge >= 0.3 is 5.97 Å². The van der Waals surface area contributed by atoms with Crippen molar-refractivity contribution >= 4 is 5.97 Å². The number of pyridine rings is 1. The van der Waals surface area contributed by atoms with Gasteiger partial charge in [-0.2, -0.15) is 0 Å². The summed E-state index contributed by atoms with van der Waals surface area (Å²) >= 11 is 0. The molecule has 3 N–H and O–H groups in total. The van der Waals surface area contributed by atoms with Gasteiger partial charge in [0.15, 0.2) is 23.0 Å². The molecule has 4 rings (SSSR count). The van der Waals surface area contributed by atoms with Crippen molar-refractivity contribution in [3.05, 3.63) is 75.2 Å². The Balaban J connectivity index is 1.74. The second-order valence-electron chi connectivity index (χ2n) is 8.35. The van der Waals surface area contributed by atoms with E-state index in [1.165, 1.54) is 29.9 Å². The highest BCUT2D eigenvalue weighted by Gasteiger charge is 2.28. The van der Waals surface area contributed by atoms with Crippen molar-refractivity contribution in [2.24, 2.45) is 0 Å². The molecule has 184 valence electrons. The summed E-state index contributed by atoms with van der Waals surface area (Å²) in [5, 5.41) is 30.1. The quantitative estimate of drug-likeness (QED) is 0.347. The first-order valence-corrected chi connectivity index (χ1v) is 11.2. The minimum Gasteiger partial charge on any atom is -0.507 e. The Kier molecular flexibility index (Phi) is 6.86. The number of ether oxygens (including phenoxy) is 3. The zero-order valence-corrected chi connectivity index (χ0v) is 19.5. The Morgan fingerprint density at radius 2 is 1.74 bits per heavy atom. The van der Waals surface area contributed by atoms with Crippen molar-refractivity contribution in [3.8, 4) is 28.7 Å². The largest absolute Gasteiger partial charge is 0.507 e. The van der Waals surface area contributed by atoms with E-state index in [2.05, 4.69) is 0 Å². The molecule has 35 heavy (non-hydrogen) atoms. The Hall–Kier alpha value is -4.14. The van der Waals surface area contributed by atoms with Crippen molar-refractivity contribution in [2.45, 2.75) is 32.2 Å². The number of phenols is 2. The molecule has 0 bridgehead atoms. The van der Waals surface area contributed by atoms with Crippen LogP contribution >= 0.6 is 0 Å². The molecule has 1 aromatic heterocycles. The average Bonchev–Trinajstić information content (AvgIpc) is 2.84. The second-order valence-corrected chi connectivity index (χ2v) is 8.35. The fourth-order valence-electron chi connectivity index (χ4n) is 4.25. The summed E-state index contributed by atoms with van der Waals surface area (Å²) in [5.41, 5.74) is 1.50. The van der Waals surface area contributed by atoms with E-state index in [-0.39, 0.29) is 35.8 Å². The van der Waals surface area contributed by atoms with Crippen LogP contribution in [0, 0.1) is 6.92 Å². The summed E-state index contributed by atoms with van der Waals surface area (Å²) in [4.78, 5) is 25.9. The number of aromatic hydroxyl groups is 3. The van der Waals surface area contributed by atoms with Gasteiger partial charge in [-0.1, -0.05) is 12.1 Å². The molecular weight excluding hydrogens is 454 g/mol. The lowest BCUT2D eigenvalue weighted by Crippen LogP contribution is -2.29. The summed E-state index contributed by atoms with van der Waals surface area (Å²) in [6, 6.07) is 11.1. The number of carbonyl (C=O) groups is 1. The van der Waals surface area contributed by atoms with Crippen molar-refractivity contribution in [2.75, 3.05) is 20.3 Å². The highest BCUT2D eigenvalue weighted by atomic mass is 16.6. The molecule has 1 aliphatic heterocycles. The molecule has 0 saturated carbocycles. The number of aryl methyl sites for hydroxylation is 2. The van der Waals surface area contributed by atoms with E-state index in [0.29, 0.717) is 42.4 Å². The minimum absolute atomic E-state index is 0.0752. The van der Waals surface area contributed by atoms with Crippen molar-refractivity contribution in [1.82, 2.24) is 4.57 Å². The van der Waals surface area contributed by atoms with Crippen molar-refractivity contribution in [3.63, 3.8) is 0 Å². The van der Waals surface area contributed by atoms with Crippen molar-refractivity contribution < 1.29 is 34.3 Å². The van der Waals surface area contributed by atoms with E-state index in [4.69, 9.17) is 14.2 Å². The zero-order valence-electron chi connectivity index (χ0n) is 19.5. The van der Waals surface area contributed by atoms with Gasteiger partial charge in [0.25, 0.3) is 5.56 Å². The minimum atomic E-state index is -0.782. The van der Waals surface area contributed by atoms with Crippen LogP contribution in [0.1, 0.15) is 34.7 Å². The first kappa shape index (κ1) is 24.0. The molecule has 9 heteroatoms. The number of nitrogens with zero attached hydrogens (tertiary/aromatic N) is 1. The predicted octanol–water partition coefficient (Wildman–Crippen LogP) is 2.98. The third-order valence-electron chi connectivity index (χ3n) is 6.10. The molecule has 9 nitrogen and oxygen atoms in total. The molecule has 0 amide bonds. The van der Waals surface area contributed by atoms with Gasteiger partial charge < -0.3 is 34.1 Å². The highest BCUT2D eigenvalue weighted by molar-refractivity contribution is 5.71. The third kappa shape index (κ3) is 5.03. The number of methoxy groups -OCH3 is 1. The molecule has 0 radical (unpaired) electrons. The molecule has 1 aliphatic rings. The molecule has 2 heterocycles. The fourth-order valence-corrected chi connectivity index (χ4v) is 4.25. The number of aromatic nitrogens is 1. The van der Waals surface area contributed by atoms with Crippen LogP contribution in [-0.2, 0) is 22.5 Å². The standard InChI is InChI=1S/C26H27NO8/c1-15-11-21(30)25(26(32)27(15)8-7-16-3-5-19(28)20(29)12-16)18(14-24(31)33-2)17-4-6-22-23(13-17)35-10-9-34-22/h3-6,11-13,18,28-30H,7-10,14H2,1-2H3. The molecule has 2 aromatic carbocycles. The van der Waals surface area contributed by atoms with Gasteiger partial charge in [0.05, 0.1) is 19.1 Å². The normalized spacial score (nSPS) is 13.3. The van der Waals surface area contributed by atoms with Gasteiger partial charge in [-0.3, -0.25) is 9.59 Å². The van der Waals surface area contributed by atoms with Crippen LogP contribution in [0.5, 0.6) is 28.7 Å². The molecule has 0 spiro atoms. The molecule has 1 atom stereocenters. The maximum absolute atomic E-state index is 13.6. The lowest BCUT2D eigenvalue weighted by atomic mass is 9.88. The topological polar surface area (TPSA) is 127 Å². The first-order chi connectivity index (χ1) is 16.8. The van der Waals surface area contributed by atoms with Crippen LogP contribution in [0.25, 0.3) is 0 Å². The lowest BCUT2D eigenvalue weighted by molar-refractivity contribution is -0.140. The Morgan fingerprint density at radius 3 is 2.46 bits per heavy atom. The van der Waals surface area contributed by atoms with E-state index in [0.717, 1.165) is 5.56 Å². The van der Waals surface area contributed by atoms with Crippen LogP contribution in [-0.4, -0.2) is 46.2 Å². The van der Waals surface area contributed by atoms with Crippen LogP contribution in [0.3, 0.4) is 0 Å². The number of phenolic OH excluding ortho intramolecular Hbond substituents is 2. The van der Waals surface area contributed by atoms with Crippen LogP contribution in [0.15, 0.2) is 47.3 Å². The van der Waals surface area contributed by atoms with E-state index in [1.807, 2.05) is 0 Å². The number of benzene rings is 2. The second kappa shape index (κ2) is 10.0. The molecule has 0 fully saturated rings. The highest BCUT2D eigenvalue weighted by Crippen LogP contribution is 2.38. The number of rotatable bonds is 7. The van der Waals surface area contributed by atoms with E-state index in [1.54, 1.807) is 31.2 Å². The number of carbonyl (C=O) groups excluding carboxylic acids is 1. The van der Waals surface area contributed by atoms with Gasteiger partial charge in [0.2, 0.25) is 0 Å². The van der Waals surface area contributed by atoms with Crippen LogP contribution in [0.2, 0.25) is 0 Å². The van der Waals surface area contributed by atoms with Gasteiger partial charge in [-0.25, -0.2) is 0 Å². The number of fused-ring (bicyclic) bond motifs is 1. The summed E-state index contributed by atoms with van der Waals surface area (Å²) in [6.45, 7) is 2.78. The molecular formula is C26H27NO8. The number of hydrogen-bond acceptors (Lipinski definition) is 8. The maximum atomic E-state index is 13.6. The predicted molar refractivity (Wildman–Crippen MR) is 126 cm³/mol. The monoisotopic (exact) mass is 481 g/mol. The lowest BCUT2D eigenvalue weighted by Gasteiger charge is -2.23. The van der Waals surface area contributed by atoms with Crippen LogP contribution in [0.4, 0.5) is 0 Å². The fraction of sp³-hybridized carbons (Fsp3) is 0.308. The molecule has 3 aromatic rings. The summed E-state index contributed by atoms with van der Waals surface area (Å²) < 4.78 is 17.6. The summed E-state index contributed by atoms with van der Waals surface area (Å²) in [6.07, 6.45) is 0.234. The Morgan fingerprint density at radius 1 is 1.00 bits per heavy atom. The molecule has 0 aliphatic carbocycles. The zero-order chi connectivity index (χ0) is 25.1. The molecule has 1 unspecified atom stereocenters. The first-order valence-electron chi connectivity index (χ1n) is 11.2. The van der Waals surface area contributed by atoms with E-state index >= 15 is 0 Å². The Bertz CT molecular complexity index is 1310. The van der Waals surface area contributed by atoms with Crippen molar-refractivity contribution in [1.29, 1.82) is 0 Å². The van der Waals surface area contributed by atoms with Gasteiger partial charge in [-0.15, -0.1) is 0 Å². The average molecular weight is 482 g/mol. The number of esters is 1. The van der Waals surface area contributed by atoms with E-state index in [9.17, 15) is 24.9 Å². The van der Waals surface area contributed by atoms with Gasteiger partial charge in [0, 0.05) is 18.2 Å². The third-order valence-corrected chi connectivity index (χ3v) is 6.10. The van der Waals surface area contributed by atoms with Gasteiger partial charge in [-0.05, 0) is 54.8 Å². The molecule has 0 saturated heterocycles. The number of hydrogen-bond donors (Lipinski definition) is 3. The summed E-state index contributed by atoms with van der Waals surface area (Å²) in [7, 11) is 1.27. The Labute approximate surface area is 201 Å². The van der Waals surface area contributed by atoms with E-state index < -0.39 is 17.4 Å². The summed E-state index contributed by atoms with van der Waals surface area (Å²) in [5.74, 6) is -0.920. The smallest absolute Gasteiger partial charge is 0.306 e. The van der Waals surface area contributed by atoms with Gasteiger partial charge in [0.1, 0.15) is 19.0 Å². The maximum Gasteiger partial charge on any atom is 0.306 e. The SMILES string of the molecule is COC(=O)CC(c1ccc2c(c1)OCCO2)c1c(O)cc(C)n(CCc2ccc(O)c(O)c2)c1=O.